The first-order valence-corrected chi connectivity index (χ1v) is 50.0. The number of fused-ring (bicyclic) bond motifs is 30. The molecule has 670 valence electrons. The summed E-state index contributed by atoms with van der Waals surface area (Å²) in [7, 11) is 0. The second kappa shape index (κ2) is 32.8. The van der Waals surface area contributed by atoms with E-state index in [4.69, 9.17) is 13.3 Å². The molecule has 0 bridgehead atoms. The molecule has 32 aromatic rings. The molecule has 0 aliphatic carbocycles. The first-order valence-electron chi connectivity index (χ1n) is 50.0. The highest BCUT2D eigenvalue weighted by molar-refractivity contribution is 6.37. The summed E-state index contributed by atoms with van der Waals surface area (Å²) in [6.07, 6.45) is 0. The van der Waals surface area contributed by atoms with Gasteiger partial charge in [-0.05, 0) is 335 Å². The molecule has 0 radical (unpaired) electrons. The van der Waals surface area contributed by atoms with Crippen LogP contribution in [-0.4, -0.2) is 0 Å². The molecule has 3 heterocycles. The Hall–Kier alpha value is -19.1. The molecule has 3 aromatic heterocycles. The number of benzene rings is 29. The van der Waals surface area contributed by atoms with Gasteiger partial charge in [0.15, 0.2) is 0 Å². The molecule has 0 amide bonds. The minimum absolute atomic E-state index is 0.909. The zero-order chi connectivity index (χ0) is 95.0. The van der Waals surface area contributed by atoms with Crippen LogP contribution in [0.5, 0.6) is 0 Å². The van der Waals surface area contributed by atoms with E-state index in [0.29, 0.717) is 0 Å². The predicted octanol–water partition coefficient (Wildman–Crippen LogP) is 40.9. The van der Waals surface area contributed by atoms with Gasteiger partial charge in [0.25, 0.3) is 0 Å². The lowest BCUT2D eigenvalue weighted by Gasteiger charge is -2.21. The third-order valence-electron chi connectivity index (χ3n) is 31.0. The summed E-state index contributed by atoms with van der Waals surface area (Å²) < 4.78 is 19.2. The van der Waals surface area contributed by atoms with Crippen molar-refractivity contribution in [2.45, 2.75) is 0 Å². The van der Waals surface area contributed by atoms with Crippen LogP contribution in [0.15, 0.2) is 523 Å². The molecular weight excluding hydrogens is 1750 g/mol. The zero-order valence-corrected chi connectivity index (χ0v) is 78.7. The minimum Gasteiger partial charge on any atom is -0.456 e. The Morgan fingerprint density at radius 3 is 0.772 bits per heavy atom. The van der Waals surface area contributed by atoms with Crippen molar-refractivity contribution in [2.75, 3.05) is 0 Å². The second-order valence-electron chi connectivity index (χ2n) is 38.8. The Bertz CT molecular complexity index is 11000. The Morgan fingerprint density at radius 1 is 0.0966 bits per heavy atom. The van der Waals surface area contributed by atoms with Crippen LogP contribution in [0.1, 0.15) is 0 Å². The van der Waals surface area contributed by atoms with Crippen LogP contribution in [-0.2, 0) is 0 Å². The normalized spacial score (nSPS) is 12.0. The van der Waals surface area contributed by atoms with E-state index in [9.17, 15) is 0 Å². The van der Waals surface area contributed by atoms with Gasteiger partial charge in [-0.1, -0.05) is 425 Å². The molecule has 0 aliphatic rings. The van der Waals surface area contributed by atoms with Crippen molar-refractivity contribution >= 4 is 238 Å². The number of furan rings is 3. The van der Waals surface area contributed by atoms with Crippen LogP contribution in [0.25, 0.3) is 316 Å². The average molecular weight is 1840 g/mol. The molecule has 0 fully saturated rings. The molecule has 0 atom stereocenters. The fourth-order valence-electron chi connectivity index (χ4n) is 24.7. The topological polar surface area (TPSA) is 39.4 Å². The minimum atomic E-state index is 0.909. The van der Waals surface area contributed by atoms with E-state index < -0.39 is 0 Å². The maximum Gasteiger partial charge on any atom is 0.136 e. The van der Waals surface area contributed by atoms with Crippen molar-refractivity contribution in [3.05, 3.63) is 510 Å². The van der Waals surface area contributed by atoms with Gasteiger partial charge in [-0.15, -0.1) is 0 Å². The summed E-state index contributed by atoms with van der Waals surface area (Å²) in [5.41, 5.74) is 22.9. The molecule has 0 spiro atoms. The van der Waals surface area contributed by atoms with E-state index in [1.807, 2.05) is 0 Å². The summed E-state index contributed by atoms with van der Waals surface area (Å²) in [4.78, 5) is 0. The molecule has 3 nitrogen and oxygen atoms in total. The summed E-state index contributed by atoms with van der Waals surface area (Å²) in [6.45, 7) is 0. The Balaban J connectivity index is 0.000000102. The maximum absolute atomic E-state index is 6.44. The lowest BCUT2D eigenvalue weighted by atomic mass is 9.82. The summed E-state index contributed by atoms with van der Waals surface area (Å²) in [5, 5.41) is 47.0. The van der Waals surface area contributed by atoms with Crippen LogP contribution < -0.4 is 0 Å². The predicted molar refractivity (Wildman–Crippen MR) is 619 cm³/mol. The third-order valence-corrected chi connectivity index (χ3v) is 31.0. The van der Waals surface area contributed by atoms with Crippen molar-refractivity contribution in [1.82, 2.24) is 0 Å². The Labute approximate surface area is 832 Å². The lowest BCUT2D eigenvalue weighted by molar-refractivity contribution is 0.669. The SMILES string of the molecule is c1ccc(-c2ccccc2-c2c3ccccc3c(-c3ccc4oc5cc6ccccc6cc5c4c3)c3ccccc23)cc1.c1ccc2cc3c(cc2c1)oc1ccc(-c2c4ccccc4c(-c4c5ccccc5cc5c4ccc4ccccc45)c4ccccc24)cc13.c1ccc2cc3c(cc2c1)oc1ccc(-c2c4ccccc4c(-c4cc5c6ccccc6c6ccccc6c5c5ccccc45)c4ccccc24)cc13. The van der Waals surface area contributed by atoms with Crippen LogP contribution in [0.4, 0.5) is 0 Å². The van der Waals surface area contributed by atoms with Crippen LogP contribution in [0.3, 0.4) is 0 Å². The van der Waals surface area contributed by atoms with Crippen molar-refractivity contribution in [3.8, 4) is 77.9 Å². The van der Waals surface area contributed by atoms with Crippen LogP contribution in [0, 0.1) is 0 Å². The van der Waals surface area contributed by atoms with Gasteiger partial charge in [-0.25, -0.2) is 0 Å². The zero-order valence-electron chi connectivity index (χ0n) is 78.7. The van der Waals surface area contributed by atoms with Gasteiger partial charge in [-0.3, -0.25) is 0 Å². The van der Waals surface area contributed by atoms with E-state index in [1.165, 1.54) is 250 Å². The summed E-state index contributed by atoms with van der Waals surface area (Å²) in [6, 6.07) is 186. The lowest BCUT2D eigenvalue weighted by Crippen LogP contribution is -1.93. The van der Waals surface area contributed by atoms with Crippen molar-refractivity contribution in [3.63, 3.8) is 0 Å². The van der Waals surface area contributed by atoms with E-state index in [0.717, 1.165) is 65.8 Å². The fourth-order valence-corrected chi connectivity index (χ4v) is 24.7. The standard InChI is InChI=1S/C52H30O.C48H28O.C42H26O/c1-2-14-32-29-49-45(27-31(32)13-1)44-28-33(25-26-48(44)53-49)50-40-21-9-11-23-42(40)52(43-24-12-10-22-41(43)50)47-30-46-36-17-4-3-15-34(36)35-16-5-7-19-38(35)51(46)39-20-8-6-18-37(39)47;1-2-13-31-28-45-43(25-30(31)12-1)42-27-33(22-24-44(42)49-45)46-36-17-7-9-19-38(36)48(39-20-10-8-18-37(39)46)47-35-16-6-4-14-32(35)26-41-34-15-5-3-11-29(34)21-23-40(41)47;1-2-12-27(13-3-1)31-16-6-7-17-32(31)42-35-20-10-8-18-33(35)41(34-19-9-11-21-36(34)42)30-22-23-39-37(25-30)38-24-28-14-4-5-15-29(28)26-40(38)43-39/h1-30H;1-28H;1-26H. The number of hydrogen-bond acceptors (Lipinski definition) is 3. The molecule has 0 aliphatic heterocycles. The van der Waals surface area contributed by atoms with Crippen molar-refractivity contribution < 1.29 is 13.3 Å². The Morgan fingerprint density at radius 2 is 0.359 bits per heavy atom. The molecule has 0 saturated carbocycles. The molecule has 29 aromatic carbocycles. The summed E-state index contributed by atoms with van der Waals surface area (Å²) >= 11 is 0. The van der Waals surface area contributed by atoms with Crippen LogP contribution >= 0.6 is 0 Å². The summed E-state index contributed by atoms with van der Waals surface area (Å²) in [5.74, 6) is 0. The van der Waals surface area contributed by atoms with Crippen molar-refractivity contribution in [1.29, 1.82) is 0 Å². The van der Waals surface area contributed by atoms with Gasteiger partial charge in [0.1, 0.15) is 33.5 Å². The highest BCUT2D eigenvalue weighted by atomic mass is 16.3. The molecular formula is C142H84O3. The maximum atomic E-state index is 6.44. The van der Waals surface area contributed by atoms with E-state index in [1.54, 1.807) is 0 Å². The first-order chi connectivity index (χ1) is 71.9. The molecule has 3 heteroatoms. The molecule has 32 rings (SSSR count). The molecule has 0 N–H and O–H groups in total. The highest BCUT2D eigenvalue weighted by Crippen LogP contribution is 2.55. The number of hydrogen-bond donors (Lipinski definition) is 0. The highest BCUT2D eigenvalue weighted by Gasteiger charge is 2.28. The van der Waals surface area contributed by atoms with Gasteiger partial charge in [0.2, 0.25) is 0 Å². The largest absolute Gasteiger partial charge is 0.456 e. The molecule has 0 unspecified atom stereocenters. The van der Waals surface area contributed by atoms with E-state index in [-0.39, 0.29) is 0 Å². The molecule has 0 saturated heterocycles. The van der Waals surface area contributed by atoms with Crippen LogP contribution in [0.2, 0.25) is 0 Å². The van der Waals surface area contributed by atoms with Gasteiger partial charge >= 0.3 is 0 Å². The van der Waals surface area contributed by atoms with Gasteiger partial charge in [0.05, 0.1) is 0 Å². The number of rotatable bonds is 7. The fraction of sp³-hybridized carbons (Fsp3) is 0. The Kier molecular flexibility index (Phi) is 18.5. The van der Waals surface area contributed by atoms with Gasteiger partial charge in [0, 0.05) is 32.3 Å². The second-order valence-corrected chi connectivity index (χ2v) is 38.8. The van der Waals surface area contributed by atoms with Gasteiger partial charge in [-0.2, -0.15) is 0 Å². The monoisotopic (exact) mass is 1840 g/mol. The smallest absolute Gasteiger partial charge is 0.136 e. The third kappa shape index (κ3) is 12.9. The molecule has 145 heavy (non-hydrogen) atoms. The van der Waals surface area contributed by atoms with E-state index >= 15 is 0 Å². The average Bonchev–Trinajstić information content (AvgIpc) is 1.47. The van der Waals surface area contributed by atoms with Gasteiger partial charge < -0.3 is 13.3 Å². The van der Waals surface area contributed by atoms with E-state index in [2.05, 4.69) is 510 Å². The first kappa shape index (κ1) is 81.9. The van der Waals surface area contributed by atoms with Crippen molar-refractivity contribution in [2.24, 2.45) is 0 Å². The quantitative estimate of drug-likeness (QED) is 0.118.